The predicted octanol–water partition coefficient (Wildman–Crippen LogP) is 2.85. The second-order valence-corrected chi connectivity index (χ2v) is 5.76. The predicted molar refractivity (Wildman–Crippen MR) is 74.0 cm³/mol. The molecule has 0 aromatic heterocycles. The van der Waals surface area contributed by atoms with Crippen LogP contribution in [0.3, 0.4) is 0 Å². The van der Waals surface area contributed by atoms with E-state index in [0.717, 1.165) is 6.42 Å². The molecule has 0 radical (unpaired) electrons. The lowest BCUT2D eigenvalue weighted by Crippen LogP contribution is -2.40. The molecule has 3 atom stereocenters. The molecule has 3 unspecified atom stereocenters. The highest BCUT2D eigenvalue weighted by molar-refractivity contribution is 5.78. The van der Waals surface area contributed by atoms with Crippen molar-refractivity contribution < 1.29 is 9.53 Å². The maximum Gasteiger partial charge on any atom is 0.328 e. The minimum atomic E-state index is -0.0944. The van der Waals surface area contributed by atoms with Crippen molar-refractivity contribution in [1.29, 1.82) is 0 Å². The van der Waals surface area contributed by atoms with Gasteiger partial charge in [0.1, 0.15) is 11.8 Å². The molecule has 2 aliphatic rings. The summed E-state index contributed by atoms with van der Waals surface area (Å²) in [5, 5.41) is 0. The van der Waals surface area contributed by atoms with E-state index in [0.29, 0.717) is 17.7 Å². The van der Waals surface area contributed by atoms with Crippen LogP contribution in [0.1, 0.15) is 32.1 Å². The van der Waals surface area contributed by atoms with Crippen LogP contribution in [-0.2, 0) is 4.79 Å². The average Bonchev–Trinajstić information content (AvgIpc) is 2.78. The molecule has 0 N–H and O–H groups in total. The molecule has 1 aromatic carbocycles. The van der Waals surface area contributed by atoms with Gasteiger partial charge in [0.2, 0.25) is 0 Å². The highest BCUT2D eigenvalue weighted by atomic mass is 16.5. The van der Waals surface area contributed by atoms with Crippen molar-refractivity contribution >= 4 is 5.97 Å². The number of carbonyl (C=O) groups is 1. The van der Waals surface area contributed by atoms with Crippen LogP contribution in [0.15, 0.2) is 30.3 Å². The zero-order valence-corrected chi connectivity index (χ0v) is 11.4. The molecule has 0 bridgehead atoms. The molecule has 3 rings (SSSR count). The van der Waals surface area contributed by atoms with Crippen LogP contribution < -0.4 is 4.74 Å². The second kappa shape index (κ2) is 5.33. The third-order valence-electron chi connectivity index (χ3n) is 4.64. The Hall–Kier alpha value is -1.35. The first-order valence-electron chi connectivity index (χ1n) is 7.24. The molecular weight excluding hydrogens is 238 g/mol. The fourth-order valence-corrected chi connectivity index (χ4v) is 3.62. The molecule has 0 amide bonds. The van der Waals surface area contributed by atoms with Gasteiger partial charge < -0.3 is 4.74 Å². The molecule has 3 nitrogen and oxygen atoms in total. The maximum absolute atomic E-state index is 12.3. The quantitative estimate of drug-likeness (QED) is 0.604. The van der Waals surface area contributed by atoms with E-state index in [1.165, 1.54) is 25.7 Å². The summed E-state index contributed by atoms with van der Waals surface area (Å²) in [5.74, 6) is 1.24. The minimum Gasteiger partial charge on any atom is -0.425 e. The van der Waals surface area contributed by atoms with Crippen molar-refractivity contribution in [1.82, 2.24) is 4.90 Å². The number of fused-ring (bicyclic) bond motifs is 1. The lowest BCUT2D eigenvalue weighted by atomic mass is 9.85. The van der Waals surface area contributed by atoms with Crippen molar-refractivity contribution in [3.63, 3.8) is 0 Å². The van der Waals surface area contributed by atoms with Gasteiger partial charge in [-0.3, -0.25) is 4.90 Å². The zero-order chi connectivity index (χ0) is 13.2. The van der Waals surface area contributed by atoms with Gasteiger partial charge in [-0.25, -0.2) is 4.79 Å². The third-order valence-corrected chi connectivity index (χ3v) is 4.64. The van der Waals surface area contributed by atoms with Crippen LogP contribution in [0.2, 0.25) is 0 Å². The van der Waals surface area contributed by atoms with E-state index in [4.69, 9.17) is 4.74 Å². The Bertz CT molecular complexity index is 445. The first-order valence-corrected chi connectivity index (χ1v) is 7.24. The summed E-state index contributed by atoms with van der Waals surface area (Å²) in [5.41, 5.74) is 0. The van der Waals surface area contributed by atoms with Crippen LogP contribution >= 0.6 is 0 Å². The summed E-state index contributed by atoms with van der Waals surface area (Å²) in [6.45, 7) is 0. The number of para-hydroxylation sites is 1. The number of esters is 1. The van der Waals surface area contributed by atoms with Crippen molar-refractivity contribution in [2.75, 3.05) is 7.05 Å². The minimum absolute atomic E-state index is 0.0618. The number of hydrogen-bond acceptors (Lipinski definition) is 3. The van der Waals surface area contributed by atoms with Gasteiger partial charge in [-0.2, -0.15) is 0 Å². The molecule has 1 aromatic rings. The maximum atomic E-state index is 12.3. The second-order valence-electron chi connectivity index (χ2n) is 5.76. The summed E-state index contributed by atoms with van der Waals surface area (Å²) >= 11 is 0. The van der Waals surface area contributed by atoms with E-state index in [1.54, 1.807) is 0 Å². The van der Waals surface area contributed by atoms with E-state index in [9.17, 15) is 4.79 Å². The van der Waals surface area contributed by atoms with E-state index in [1.807, 2.05) is 30.3 Å². The molecule has 1 saturated heterocycles. The lowest BCUT2D eigenvalue weighted by molar-refractivity contribution is -0.139. The van der Waals surface area contributed by atoms with Crippen molar-refractivity contribution in [3.8, 4) is 5.75 Å². The normalized spacial score (nSPS) is 30.9. The fraction of sp³-hybridized carbons (Fsp3) is 0.562. The van der Waals surface area contributed by atoms with Gasteiger partial charge in [-0.15, -0.1) is 0 Å². The monoisotopic (exact) mass is 259 g/mol. The molecule has 1 aliphatic heterocycles. The summed E-state index contributed by atoms with van der Waals surface area (Å²) in [6, 6.07) is 9.89. The Balaban J connectivity index is 1.67. The number of hydrogen-bond donors (Lipinski definition) is 0. The third kappa shape index (κ3) is 2.52. The van der Waals surface area contributed by atoms with Crippen LogP contribution in [0, 0.1) is 5.92 Å². The number of likely N-dealkylation sites (N-methyl/N-ethyl adjacent to an activating group) is 1. The van der Waals surface area contributed by atoms with Crippen molar-refractivity contribution in [2.45, 2.75) is 44.2 Å². The topological polar surface area (TPSA) is 29.5 Å². The Morgan fingerprint density at radius 2 is 1.95 bits per heavy atom. The van der Waals surface area contributed by atoms with Gasteiger partial charge in [0.15, 0.2) is 0 Å². The molecule has 102 valence electrons. The highest BCUT2D eigenvalue weighted by Gasteiger charge is 2.43. The number of ether oxygens (including phenoxy) is 1. The smallest absolute Gasteiger partial charge is 0.328 e. The van der Waals surface area contributed by atoms with Crippen LogP contribution in [0.25, 0.3) is 0 Å². The Morgan fingerprint density at radius 3 is 2.68 bits per heavy atom. The fourth-order valence-electron chi connectivity index (χ4n) is 3.62. The van der Waals surface area contributed by atoms with E-state index < -0.39 is 0 Å². The van der Waals surface area contributed by atoms with Gasteiger partial charge in [0.05, 0.1) is 0 Å². The van der Waals surface area contributed by atoms with Gasteiger partial charge >= 0.3 is 5.97 Å². The highest BCUT2D eigenvalue weighted by Crippen LogP contribution is 2.39. The van der Waals surface area contributed by atoms with Crippen LogP contribution in [0.5, 0.6) is 5.75 Å². The number of nitrogens with zero attached hydrogens (tertiary/aromatic N) is 1. The Morgan fingerprint density at radius 1 is 1.21 bits per heavy atom. The first-order chi connectivity index (χ1) is 9.25. The summed E-state index contributed by atoms with van der Waals surface area (Å²) in [7, 11) is 2.08. The molecular formula is C16H21NO2. The van der Waals surface area contributed by atoms with Gasteiger partial charge in [0.25, 0.3) is 0 Å². The molecule has 1 saturated carbocycles. The number of rotatable bonds is 2. The zero-order valence-electron chi connectivity index (χ0n) is 11.4. The molecule has 0 spiro atoms. The standard InChI is InChI=1S/C16H21NO2/c1-17-14-10-6-5-7-12(14)11-15(17)16(18)19-13-8-3-2-4-9-13/h2-4,8-9,12,14-15H,5-7,10-11H2,1H3. The van der Waals surface area contributed by atoms with Crippen LogP contribution in [-0.4, -0.2) is 30.0 Å². The van der Waals surface area contributed by atoms with Gasteiger partial charge in [0, 0.05) is 6.04 Å². The molecule has 19 heavy (non-hydrogen) atoms. The van der Waals surface area contributed by atoms with Crippen molar-refractivity contribution in [3.05, 3.63) is 30.3 Å². The number of carbonyl (C=O) groups excluding carboxylic acids is 1. The largest absolute Gasteiger partial charge is 0.425 e. The number of benzene rings is 1. The van der Waals surface area contributed by atoms with E-state index in [-0.39, 0.29) is 12.0 Å². The average molecular weight is 259 g/mol. The van der Waals surface area contributed by atoms with E-state index in [2.05, 4.69) is 11.9 Å². The first kappa shape index (κ1) is 12.7. The van der Waals surface area contributed by atoms with Crippen molar-refractivity contribution in [2.24, 2.45) is 5.92 Å². The SMILES string of the molecule is CN1C(C(=O)Oc2ccccc2)CC2CCCCC21. The summed E-state index contributed by atoms with van der Waals surface area (Å²) < 4.78 is 5.49. The lowest BCUT2D eigenvalue weighted by Gasteiger charge is -2.30. The van der Waals surface area contributed by atoms with E-state index >= 15 is 0 Å². The van der Waals surface area contributed by atoms with Crippen LogP contribution in [0.4, 0.5) is 0 Å². The summed E-state index contributed by atoms with van der Waals surface area (Å²) in [4.78, 5) is 14.5. The molecule has 2 fully saturated rings. The molecule has 1 aliphatic carbocycles. The summed E-state index contributed by atoms with van der Waals surface area (Å²) in [6.07, 6.45) is 6.08. The number of likely N-dealkylation sites (tertiary alicyclic amines) is 1. The van der Waals surface area contributed by atoms with Gasteiger partial charge in [-0.05, 0) is 44.4 Å². The molecule has 1 heterocycles. The van der Waals surface area contributed by atoms with Gasteiger partial charge in [-0.1, -0.05) is 31.0 Å². The Kier molecular flexibility index (Phi) is 3.56. The molecule has 3 heteroatoms. The Labute approximate surface area is 114 Å².